The van der Waals surface area contributed by atoms with Crippen LogP contribution in [0.25, 0.3) is 0 Å². The molecular formula is C10H12ClNO3S. The van der Waals surface area contributed by atoms with Crippen LogP contribution in [0, 0.1) is 0 Å². The molecule has 0 N–H and O–H groups in total. The summed E-state index contributed by atoms with van der Waals surface area (Å²) in [7, 11) is -3.38. The zero-order valence-corrected chi connectivity index (χ0v) is 10.2. The van der Waals surface area contributed by atoms with E-state index in [1.54, 1.807) is 12.1 Å². The number of rotatable bonds is 2. The molecule has 4 nitrogen and oxygen atoms in total. The van der Waals surface area contributed by atoms with Crippen LogP contribution in [0.1, 0.15) is 0 Å². The summed E-state index contributed by atoms with van der Waals surface area (Å²) >= 11 is 5.72. The van der Waals surface area contributed by atoms with Crippen molar-refractivity contribution in [2.45, 2.75) is 4.90 Å². The highest BCUT2D eigenvalue weighted by molar-refractivity contribution is 7.89. The fourth-order valence-electron chi connectivity index (χ4n) is 1.54. The Morgan fingerprint density at radius 2 is 1.69 bits per heavy atom. The molecule has 1 fully saturated rings. The van der Waals surface area contributed by atoms with Crippen LogP contribution in [0.4, 0.5) is 0 Å². The van der Waals surface area contributed by atoms with Crippen molar-refractivity contribution in [3.63, 3.8) is 0 Å². The molecular weight excluding hydrogens is 250 g/mol. The number of hydrogen-bond donors (Lipinski definition) is 0. The highest BCUT2D eigenvalue weighted by atomic mass is 35.5. The van der Waals surface area contributed by atoms with Crippen molar-refractivity contribution in [2.24, 2.45) is 0 Å². The summed E-state index contributed by atoms with van der Waals surface area (Å²) in [5, 5.41) is 0.529. The molecule has 1 aromatic carbocycles. The SMILES string of the molecule is [16O]=S(=[16O])(c1ccc(Cl)cc1)N1CCOCC1. The monoisotopic (exact) mass is 261 g/mol. The molecule has 0 radical (unpaired) electrons. The van der Waals surface area contributed by atoms with Crippen molar-refractivity contribution in [2.75, 3.05) is 26.3 Å². The van der Waals surface area contributed by atoms with Crippen molar-refractivity contribution in [3.8, 4) is 0 Å². The molecule has 1 saturated heterocycles. The first kappa shape index (κ1) is 11.9. The van der Waals surface area contributed by atoms with Crippen molar-refractivity contribution in [3.05, 3.63) is 29.3 Å². The standard InChI is InChI=1S/C10H12ClNO3S/c11-9-1-3-10(4-2-9)16(13,14)12-5-7-15-8-6-12/h1-4H,5-8H2/i13+0,14+0. The molecule has 1 aliphatic heterocycles. The molecule has 0 aliphatic carbocycles. The Morgan fingerprint density at radius 3 is 2.25 bits per heavy atom. The lowest BCUT2D eigenvalue weighted by atomic mass is 10.4. The van der Waals surface area contributed by atoms with Gasteiger partial charge in [0.25, 0.3) is 0 Å². The molecule has 1 aromatic rings. The minimum Gasteiger partial charge on any atom is -0.379 e. The van der Waals surface area contributed by atoms with Gasteiger partial charge in [0.05, 0.1) is 18.1 Å². The van der Waals surface area contributed by atoms with E-state index >= 15 is 0 Å². The van der Waals surface area contributed by atoms with Gasteiger partial charge in [-0.05, 0) is 24.3 Å². The van der Waals surface area contributed by atoms with E-state index in [0.717, 1.165) is 0 Å². The van der Waals surface area contributed by atoms with Gasteiger partial charge in [0, 0.05) is 18.1 Å². The van der Waals surface area contributed by atoms with Gasteiger partial charge in [0.1, 0.15) is 0 Å². The van der Waals surface area contributed by atoms with E-state index in [2.05, 4.69) is 0 Å². The molecule has 0 bridgehead atoms. The normalized spacial score (nSPS) is 18.6. The van der Waals surface area contributed by atoms with Crippen LogP contribution >= 0.6 is 11.6 Å². The van der Waals surface area contributed by atoms with E-state index in [1.807, 2.05) is 0 Å². The largest absolute Gasteiger partial charge is 0.379 e. The summed E-state index contributed by atoms with van der Waals surface area (Å²) < 4.78 is 30.8. The molecule has 1 aliphatic rings. The second-order valence-electron chi connectivity index (χ2n) is 3.47. The van der Waals surface area contributed by atoms with Gasteiger partial charge in [-0.15, -0.1) is 0 Å². The highest BCUT2D eigenvalue weighted by Crippen LogP contribution is 2.19. The van der Waals surface area contributed by atoms with Gasteiger partial charge in [-0.1, -0.05) is 11.6 Å². The van der Waals surface area contributed by atoms with E-state index in [9.17, 15) is 8.42 Å². The molecule has 0 unspecified atom stereocenters. The van der Waals surface area contributed by atoms with Crippen LogP contribution in [0.5, 0.6) is 0 Å². The maximum atomic E-state index is 12.1. The molecule has 0 atom stereocenters. The smallest absolute Gasteiger partial charge is 0.243 e. The number of ether oxygens (including phenoxy) is 1. The fourth-order valence-corrected chi connectivity index (χ4v) is 3.08. The van der Waals surface area contributed by atoms with Gasteiger partial charge in [0.2, 0.25) is 10.0 Å². The Hall–Kier alpha value is -0.620. The second kappa shape index (κ2) is 4.71. The van der Waals surface area contributed by atoms with Crippen LogP contribution in [0.2, 0.25) is 5.02 Å². The highest BCUT2D eigenvalue weighted by Gasteiger charge is 2.25. The summed E-state index contributed by atoms with van der Waals surface area (Å²) in [5.74, 6) is 0. The number of halogens is 1. The zero-order valence-electron chi connectivity index (χ0n) is 8.60. The minimum atomic E-state index is -3.38. The molecule has 2 rings (SSSR count). The van der Waals surface area contributed by atoms with Gasteiger partial charge in [0.15, 0.2) is 0 Å². The molecule has 0 saturated carbocycles. The molecule has 6 heteroatoms. The number of benzene rings is 1. The van der Waals surface area contributed by atoms with E-state index in [-0.39, 0.29) is 4.90 Å². The first-order chi connectivity index (χ1) is 7.60. The van der Waals surface area contributed by atoms with Crippen LogP contribution < -0.4 is 0 Å². The van der Waals surface area contributed by atoms with Crippen molar-refractivity contribution in [1.29, 1.82) is 0 Å². The number of sulfonamides is 1. The Kier molecular flexibility index (Phi) is 3.49. The second-order valence-corrected chi connectivity index (χ2v) is 5.84. The number of morpholine rings is 1. The third-order valence-electron chi connectivity index (χ3n) is 2.42. The average molecular weight is 262 g/mol. The fraction of sp³-hybridized carbons (Fsp3) is 0.400. The number of hydrogen-bond acceptors (Lipinski definition) is 3. The van der Waals surface area contributed by atoms with Crippen molar-refractivity contribution >= 4 is 21.6 Å². The van der Waals surface area contributed by atoms with Crippen LogP contribution in [-0.4, -0.2) is 39.0 Å². The zero-order chi connectivity index (χ0) is 11.6. The molecule has 0 amide bonds. The summed E-state index contributed by atoms with van der Waals surface area (Å²) in [6, 6.07) is 6.20. The number of nitrogens with zero attached hydrogens (tertiary/aromatic N) is 1. The first-order valence-corrected chi connectivity index (χ1v) is 6.76. The summed E-state index contributed by atoms with van der Waals surface area (Å²) in [6.45, 7) is 1.72. The molecule has 1 heterocycles. The quantitative estimate of drug-likeness (QED) is 0.808. The molecule has 88 valence electrons. The molecule has 0 aromatic heterocycles. The Morgan fingerprint density at radius 1 is 1.12 bits per heavy atom. The van der Waals surface area contributed by atoms with Crippen LogP contribution in [-0.2, 0) is 14.8 Å². The molecule has 0 spiro atoms. The predicted octanol–water partition coefficient (Wildman–Crippen LogP) is 1.36. The lowest BCUT2D eigenvalue weighted by Crippen LogP contribution is -2.40. The Balaban J connectivity index is 2.27. The van der Waals surface area contributed by atoms with E-state index in [1.165, 1.54) is 16.4 Å². The van der Waals surface area contributed by atoms with Crippen LogP contribution in [0.15, 0.2) is 29.2 Å². The average Bonchev–Trinajstić information content (AvgIpc) is 2.31. The van der Waals surface area contributed by atoms with Crippen molar-refractivity contribution in [1.82, 2.24) is 4.31 Å². The summed E-state index contributed by atoms with van der Waals surface area (Å²) in [5.41, 5.74) is 0. The lowest BCUT2D eigenvalue weighted by molar-refractivity contribution is 0.0730. The third kappa shape index (κ3) is 2.38. The van der Waals surface area contributed by atoms with Gasteiger partial charge in [-0.2, -0.15) is 4.31 Å². The van der Waals surface area contributed by atoms with Gasteiger partial charge in [-0.3, -0.25) is 0 Å². The maximum absolute atomic E-state index is 12.1. The predicted molar refractivity (Wildman–Crippen MR) is 61.0 cm³/mol. The topological polar surface area (TPSA) is 46.6 Å². The Labute approximate surface area is 99.8 Å². The van der Waals surface area contributed by atoms with Crippen LogP contribution in [0.3, 0.4) is 0 Å². The summed E-state index contributed by atoms with van der Waals surface area (Å²) in [4.78, 5) is 0.277. The van der Waals surface area contributed by atoms with Gasteiger partial charge < -0.3 is 4.74 Å². The van der Waals surface area contributed by atoms with Gasteiger partial charge in [-0.25, -0.2) is 8.42 Å². The lowest BCUT2D eigenvalue weighted by Gasteiger charge is -2.25. The third-order valence-corrected chi connectivity index (χ3v) is 4.59. The summed E-state index contributed by atoms with van der Waals surface area (Å²) in [6.07, 6.45) is 0. The van der Waals surface area contributed by atoms with E-state index in [4.69, 9.17) is 16.3 Å². The van der Waals surface area contributed by atoms with Gasteiger partial charge >= 0.3 is 0 Å². The molecule has 16 heavy (non-hydrogen) atoms. The maximum Gasteiger partial charge on any atom is 0.243 e. The Bertz CT molecular complexity index is 451. The van der Waals surface area contributed by atoms with Crippen molar-refractivity contribution < 1.29 is 13.2 Å². The first-order valence-electron chi connectivity index (χ1n) is 4.94. The van der Waals surface area contributed by atoms with E-state index in [0.29, 0.717) is 31.3 Å². The minimum absolute atomic E-state index is 0.277. The van der Waals surface area contributed by atoms with E-state index < -0.39 is 10.0 Å².